The zero-order valence-corrected chi connectivity index (χ0v) is 38.3. The van der Waals surface area contributed by atoms with Gasteiger partial charge in [-0.05, 0) is 105 Å². The van der Waals surface area contributed by atoms with Crippen LogP contribution in [0.4, 0.5) is 13.2 Å². The average molecular weight is 966 g/mol. The molecule has 2 aromatic carbocycles. The normalized spacial score (nSPS) is 16.3. The van der Waals surface area contributed by atoms with Crippen molar-refractivity contribution in [1.82, 2.24) is 28.4 Å². The van der Waals surface area contributed by atoms with Gasteiger partial charge in [0.1, 0.15) is 35.6 Å². The van der Waals surface area contributed by atoms with Crippen LogP contribution >= 0.6 is 23.2 Å². The van der Waals surface area contributed by atoms with E-state index in [2.05, 4.69) is 29.4 Å². The third-order valence-corrected chi connectivity index (χ3v) is 14.6. The van der Waals surface area contributed by atoms with Crippen LogP contribution in [-0.2, 0) is 48.9 Å². The maximum atomic E-state index is 13.4. The summed E-state index contributed by atoms with van der Waals surface area (Å²) in [6.07, 6.45) is 1.93. The first-order valence-corrected chi connectivity index (χ1v) is 24.3. The van der Waals surface area contributed by atoms with E-state index in [1.807, 2.05) is 6.07 Å². The SMILES string of the molecule is CC1CCN(C(=O)C(CCn2cccc2C#N)NS(=O)(=O)c2cc(Cl)cc(Cl)c2)CC1.CC1CCN(C(=O)C(CCn2cccc2C#N)NS(=O)(=O)c2ccccc2C(F)(F)F)CC1. The molecule has 14 nitrogen and oxygen atoms in total. The number of amides is 2. The molecular weight excluding hydrogens is 917 g/mol. The van der Waals surface area contributed by atoms with Crippen molar-refractivity contribution in [3.05, 3.63) is 106 Å². The Morgan fingerprint density at radius 1 is 0.703 bits per heavy atom. The van der Waals surface area contributed by atoms with Crippen molar-refractivity contribution in [1.29, 1.82) is 10.5 Å². The van der Waals surface area contributed by atoms with Gasteiger partial charge in [-0.1, -0.05) is 49.2 Å². The fourth-order valence-electron chi connectivity index (χ4n) is 7.45. The van der Waals surface area contributed by atoms with Gasteiger partial charge in [0, 0.05) is 61.7 Å². The second-order valence-corrected chi connectivity index (χ2v) is 20.2. The Bertz CT molecular complexity index is 2550. The van der Waals surface area contributed by atoms with Crippen LogP contribution in [-0.4, -0.2) is 85.8 Å². The Kier molecular flexibility index (Phi) is 17.1. The smallest absolute Gasteiger partial charge is 0.341 e. The fraction of sp³-hybridized carbons (Fsp3) is 0.442. The number of rotatable bonds is 14. The van der Waals surface area contributed by atoms with Gasteiger partial charge in [-0.15, -0.1) is 0 Å². The maximum Gasteiger partial charge on any atom is 0.417 e. The lowest BCUT2D eigenvalue weighted by molar-refractivity contribution is -0.140. The number of benzene rings is 2. The molecule has 2 aliphatic heterocycles. The number of nitriles is 2. The molecule has 21 heteroatoms. The molecule has 2 saturated heterocycles. The molecule has 2 amide bonds. The zero-order valence-electron chi connectivity index (χ0n) is 35.1. The second kappa shape index (κ2) is 21.9. The number of nitrogens with zero attached hydrogens (tertiary/aromatic N) is 6. The predicted molar refractivity (Wildman–Crippen MR) is 234 cm³/mol. The number of piperidine rings is 2. The summed E-state index contributed by atoms with van der Waals surface area (Å²) in [5.74, 6) is 0.210. The summed E-state index contributed by atoms with van der Waals surface area (Å²) < 4.78 is 100. The van der Waals surface area contributed by atoms with Crippen LogP contribution in [0.25, 0.3) is 0 Å². The Morgan fingerprint density at radius 2 is 1.12 bits per heavy atom. The van der Waals surface area contributed by atoms with Gasteiger partial charge in [-0.2, -0.15) is 33.1 Å². The minimum Gasteiger partial charge on any atom is -0.341 e. The van der Waals surface area contributed by atoms with E-state index in [-0.39, 0.29) is 40.2 Å². The Hall–Kier alpha value is -4.89. The Balaban J connectivity index is 0.000000241. The molecule has 6 rings (SSSR count). The lowest BCUT2D eigenvalue weighted by atomic mass is 9.98. The van der Waals surface area contributed by atoms with Crippen LogP contribution in [0.1, 0.15) is 69.3 Å². The van der Waals surface area contributed by atoms with Crippen LogP contribution in [0.5, 0.6) is 0 Å². The first kappa shape index (κ1) is 50.1. The van der Waals surface area contributed by atoms with Crippen molar-refractivity contribution in [3.63, 3.8) is 0 Å². The number of carbonyl (C=O) groups is 2. The quantitative estimate of drug-likeness (QED) is 0.135. The van der Waals surface area contributed by atoms with Gasteiger partial charge < -0.3 is 18.9 Å². The van der Waals surface area contributed by atoms with Crippen LogP contribution < -0.4 is 9.44 Å². The number of nitrogens with one attached hydrogen (secondary N) is 2. The highest BCUT2D eigenvalue weighted by Crippen LogP contribution is 2.34. The summed E-state index contributed by atoms with van der Waals surface area (Å²) in [5.41, 5.74) is -0.520. The summed E-state index contributed by atoms with van der Waals surface area (Å²) in [6.45, 7) is 6.73. The van der Waals surface area contributed by atoms with Gasteiger partial charge in [-0.3, -0.25) is 9.59 Å². The van der Waals surface area contributed by atoms with Gasteiger partial charge in [0.05, 0.1) is 15.4 Å². The summed E-state index contributed by atoms with van der Waals surface area (Å²) in [6, 6.07) is 16.3. The number of sulfonamides is 2. The summed E-state index contributed by atoms with van der Waals surface area (Å²) in [4.78, 5) is 28.7. The molecule has 64 heavy (non-hydrogen) atoms. The van der Waals surface area contributed by atoms with E-state index in [1.165, 1.54) is 24.3 Å². The lowest BCUT2D eigenvalue weighted by Gasteiger charge is -2.33. The van der Waals surface area contributed by atoms with Gasteiger partial charge in [0.15, 0.2) is 0 Å². The highest BCUT2D eigenvalue weighted by molar-refractivity contribution is 7.89. The molecule has 2 unspecified atom stereocenters. The molecule has 2 N–H and O–H groups in total. The second-order valence-electron chi connectivity index (χ2n) is 15.9. The van der Waals surface area contributed by atoms with Crippen molar-refractivity contribution < 1.29 is 39.6 Å². The largest absolute Gasteiger partial charge is 0.417 e. The van der Waals surface area contributed by atoms with E-state index >= 15 is 0 Å². The Morgan fingerprint density at radius 3 is 1.55 bits per heavy atom. The topological polar surface area (TPSA) is 190 Å². The summed E-state index contributed by atoms with van der Waals surface area (Å²) in [5, 5.41) is 18.8. The van der Waals surface area contributed by atoms with Gasteiger partial charge in [0.25, 0.3) is 0 Å². The first-order chi connectivity index (χ1) is 30.2. The molecular formula is C43H49Cl2F3N8O6S2. The highest BCUT2D eigenvalue weighted by Gasteiger charge is 2.39. The fourth-order valence-corrected chi connectivity index (χ4v) is 10.8. The number of carbonyl (C=O) groups excluding carboxylic acids is 2. The van der Waals surface area contributed by atoms with E-state index < -0.39 is 54.7 Å². The molecule has 2 fully saturated rings. The van der Waals surface area contributed by atoms with E-state index in [9.17, 15) is 50.1 Å². The van der Waals surface area contributed by atoms with E-state index in [0.29, 0.717) is 62.0 Å². The molecule has 4 heterocycles. The van der Waals surface area contributed by atoms with Crippen LogP contribution in [0.2, 0.25) is 10.0 Å². The zero-order chi connectivity index (χ0) is 46.8. The molecule has 2 aliphatic rings. The third-order valence-electron chi connectivity index (χ3n) is 11.2. The van der Waals surface area contributed by atoms with Crippen molar-refractivity contribution in [2.24, 2.45) is 11.8 Å². The monoisotopic (exact) mass is 964 g/mol. The molecule has 344 valence electrons. The molecule has 0 spiro atoms. The predicted octanol–water partition coefficient (Wildman–Crippen LogP) is 7.04. The van der Waals surface area contributed by atoms with Crippen molar-refractivity contribution in [3.8, 4) is 12.1 Å². The molecule has 2 aromatic heterocycles. The number of likely N-dealkylation sites (tertiary alicyclic amines) is 2. The Labute approximate surface area is 381 Å². The van der Waals surface area contributed by atoms with Gasteiger partial charge in [0.2, 0.25) is 31.9 Å². The number of hydrogen-bond donors (Lipinski definition) is 2. The molecule has 0 saturated carbocycles. The van der Waals surface area contributed by atoms with Crippen molar-refractivity contribution in [2.45, 2.75) is 93.5 Å². The molecule has 0 bridgehead atoms. The van der Waals surface area contributed by atoms with E-state index in [4.69, 9.17) is 23.2 Å². The number of aryl methyl sites for hydroxylation is 2. The van der Waals surface area contributed by atoms with Crippen molar-refractivity contribution >= 4 is 55.1 Å². The van der Waals surface area contributed by atoms with Crippen LogP contribution in [0.3, 0.4) is 0 Å². The number of aromatic nitrogens is 2. The van der Waals surface area contributed by atoms with Crippen molar-refractivity contribution in [2.75, 3.05) is 26.2 Å². The maximum absolute atomic E-state index is 13.4. The molecule has 0 aliphatic carbocycles. The first-order valence-electron chi connectivity index (χ1n) is 20.6. The molecule has 2 atom stereocenters. The lowest BCUT2D eigenvalue weighted by Crippen LogP contribution is -2.51. The van der Waals surface area contributed by atoms with Crippen LogP contribution in [0.15, 0.2) is 88.9 Å². The average Bonchev–Trinajstić information content (AvgIpc) is 3.92. The highest BCUT2D eigenvalue weighted by atomic mass is 35.5. The minimum atomic E-state index is -4.87. The van der Waals surface area contributed by atoms with E-state index in [0.717, 1.165) is 37.8 Å². The standard InChI is InChI=1S/C22H25F3N4O3S.C21H24Cl2N4O3S/c1-16-8-12-29(13-9-16)21(30)19(10-14-28-11-4-5-17(28)15-26)27-33(31,32)20-7-3-2-6-18(20)22(23,24)25;1-15-4-8-27(9-5-15)21(28)20(6-10-26-7-2-3-18(26)14-24)25-31(29,30)19-12-16(22)11-17(23)13-19/h2-7,11,16,19,27H,8-10,12-14H2,1H3;2-3,7,11-13,15,20,25H,4-6,8-10H2,1H3. The number of halogens is 5. The molecule has 4 aromatic rings. The molecule has 0 radical (unpaired) electrons. The number of hydrogen-bond acceptors (Lipinski definition) is 8. The number of alkyl halides is 3. The van der Waals surface area contributed by atoms with Crippen LogP contribution in [0, 0.1) is 34.5 Å². The summed E-state index contributed by atoms with van der Waals surface area (Å²) >= 11 is 11.9. The summed E-state index contributed by atoms with van der Waals surface area (Å²) in [7, 11) is -8.71. The van der Waals surface area contributed by atoms with Gasteiger partial charge in [-0.25, -0.2) is 16.8 Å². The van der Waals surface area contributed by atoms with E-state index in [1.54, 1.807) is 55.6 Å². The minimum absolute atomic E-state index is 0.0261. The van der Waals surface area contributed by atoms with Gasteiger partial charge >= 0.3 is 6.18 Å². The third kappa shape index (κ3) is 13.3.